The number of nitrogens with one attached hydrogen (secondary N) is 1. The van der Waals surface area contributed by atoms with E-state index < -0.39 is 0 Å². The molecular formula is C12H9NOS. The van der Waals surface area contributed by atoms with Crippen molar-refractivity contribution in [2.24, 2.45) is 0 Å². The SMILES string of the molecule is Oc1cc2ccc(-c3ccsc3)cc2[nH]1. The molecule has 3 heteroatoms. The minimum Gasteiger partial charge on any atom is -0.495 e. The van der Waals surface area contributed by atoms with Gasteiger partial charge in [0.15, 0.2) is 5.88 Å². The monoisotopic (exact) mass is 215 g/mol. The molecule has 3 rings (SSSR count). The van der Waals surface area contributed by atoms with Crippen molar-refractivity contribution in [2.75, 3.05) is 0 Å². The van der Waals surface area contributed by atoms with E-state index in [1.54, 1.807) is 17.4 Å². The van der Waals surface area contributed by atoms with E-state index in [1.165, 1.54) is 11.1 Å². The van der Waals surface area contributed by atoms with Crippen molar-refractivity contribution in [1.29, 1.82) is 0 Å². The Hall–Kier alpha value is -1.74. The van der Waals surface area contributed by atoms with Crippen LogP contribution in [0.2, 0.25) is 0 Å². The van der Waals surface area contributed by atoms with Gasteiger partial charge in [0.25, 0.3) is 0 Å². The molecule has 0 atom stereocenters. The number of benzene rings is 1. The van der Waals surface area contributed by atoms with Gasteiger partial charge >= 0.3 is 0 Å². The first-order chi connectivity index (χ1) is 7.33. The maximum atomic E-state index is 9.32. The molecule has 1 aromatic carbocycles. The van der Waals surface area contributed by atoms with Gasteiger partial charge in [0, 0.05) is 17.0 Å². The smallest absolute Gasteiger partial charge is 0.189 e. The Balaban J connectivity index is 2.21. The first kappa shape index (κ1) is 8.56. The topological polar surface area (TPSA) is 36.0 Å². The minimum absolute atomic E-state index is 0.215. The third-order valence-electron chi connectivity index (χ3n) is 2.46. The second-order valence-corrected chi connectivity index (χ2v) is 4.25. The summed E-state index contributed by atoms with van der Waals surface area (Å²) in [7, 11) is 0. The van der Waals surface area contributed by atoms with Crippen LogP contribution in [0.25, 0.3) is 22.0 Å². The minimum atomic E-state index is 0.215. The number of fused-ring (bicyclic) bond motifs is 1. The summed E-state index contributed by atoms with van der Waals surface area (Å²) in [6.07, 6.45) is 0. The molecule has 0 amide bonds. The summed E-state index contributed by atoms with van der Waals surface area (Å²) in [5, 5.41) is 14.5. The van der Waals surface area contributed by atoms with Crippen LogP contribution in [0.15, 0.2) is 41.1 Å². The van der Waals surface area contributed by atoms with Crippen molar-refractivity contribution in [3.63, 3.8) is 0 Å². The Kier molecular flexibility index (Phi) is 1.79. The highest BCUT2D eigenvalue weighted by atomic mass is 32.1. The van der Waals surface area contributed by atoms with Crippen LogP contribution in [0.4, 0.5) is 0 Å². The molecule has 0 bridgehead atoms. The van der Waals surface area contributed by atoms with Gasteiger partial charge in [0.2, 0.25) is 0 Å². The molecule has 0 aliphatic heterocycles. The Labute approximate surface area is 90.8 Å². The Morgan fingerprint density at radius 2 is 2.00 bits per heavy atom. The second kappa shape index (κ2) is 3.14. The van der Waals surface area contributed by atoms with Crippen LogP contribution in [0.1, 0.15) is 0 Å². The average molecular weight is 215 g/mol. The van der Waals surface area contributed by atoms with Crippen LogP contribution < -0.4 is 0 Å². The van der Waals surface area contributed by atoms with E-state index >= 15 is 0 Å². The van der Waals surface area contributed by atoms with Gasteiger partial charge in [-0.25, -0.2) is 0 Å². The lowest BCUT2D eigenvalue weighted by molar-refractivity contribution is 0.458. The first-order valence-corrected chi connectivity index (χ1v) is 5.61. The molecule has 0 aliphatic rings. The summed E-state index contributed by atoms with van der Waals surface area (Å²) < 4.78 is 0. The van der Waals surface area contributed by atoms with Crippen LogP contribution in [0.5, 0.6) is 5.88 Å². The largest absolute Gasteiger partial charge is 0.495 e. The van der Waals surface area contributed by atoms with E-state index in [4.69, 9.17) is 0 Å². The summed E-state index contributed by atoms with van der Waals surface area (Å²) in [5.74, 6) is 0.215. The zero-order valence-corrected chi connectivity index (χ0v) is 8.71. The normalized spacial score (nSPS) is 10.9. The molecule has 0 aliphatic carbocycles. The van der Waals surface area contributed by atoms with Crippen molar-refractivity contribution in [3.8, 4) is 17.0 Å². The zero-order chi connectivity index (χ0) is 10.3. The standard InChI is InChI=1S/C12H9NOS/c14-12-6-9-2-1-8(5-11(9)13-12)10-3-4-15-7-10/h1-7,13-14H. The summed E-state index contributed by atoms with van der Waals surface area (Å²) in [6.45, 7) is 0. The number of hydrogen-bond donors (Lipinski definition) is 2. The number of aromatic amines is 1. The number of aromatic hydroxyl groups is 1. The van der Waals surface area contributed by atoms with Gasteiger partial charge in [-0.2, -0.15) is 11.3 Å². The molecule has 0 unspecified atom stereocenters. The fourth-order valence-corrected chi connectivity index (χ4v) is 2.39. The quantitative estimate of drug-likeness (QED) is 0.639. The number of hydrogen-bond acceptors (Lipinski definition) is 2. The lowest BCUT2D eigenvalue weighted by Crippen LogP contribution is -1.73. The molecule has 3 aromatic rings. The van der Waals surface area contributed by atoms with Gasteiger partial charge < -0.3 is 10.1 Å². The van der Waals surface area contributed by atoms with Crippen LogP contribution >= 0.6 is 11.3 Å². The summed E-state index contributed by atoms with van der Waals surface area (Å²) >= 11 is 1.69. The molecular weight excluding hydrogens is 206 g/mol. The van der Waals surface area contributed by atoms with E-state index in [2.05, 4.69) is 33.9 Å². The molecule has 2 heterocycles. The lowest BCUT2D eigenvalue weighted by Gasteiger charge is -1.97. The molecule has 0 radical (unpaired) electrons. The van der Waals surface area contributed by atoms with Crippen LogP contribution in [-0.4, -0.2) is 10.1 Å². The number of H-pyrrole nitrogens is 1. The molecule has 0 saturated carbocycles. The first-order valence-electron chi connectivity index (χ1n) is 4.67. The van der Waals surface area contributed by atoms with E-state index in [0.29, 0.717) is 0 Å². The molecule has 0 saturated heterocycles. The molecule has 15 heavy (non-hydrogen) atoms. The van der Waals surface area contributed by atoms with Crippen LogP contribution in [-0.2, 0) is 0 Å². The number of thiophene rings is 1. The Morgan fingerprint density at radius 1 is 1.07 bits per heavy atom. The molecule has 2 aromatic heterocycles. The van der Waals surface area contributed by atoms with Gasteiger partial charge in [-0.1, -0.05) is 12.1 Å². The van der Waals surface area contributed by atoms with E-state index in [0.717, 1.165) is 10.9 Å². The van der Waals surface area contributed by atoms with E-state index in [9.17, 15) is 5.11 Å². The summed E-state index contributed by atoms with van der Waals surface area (Å²) in [6, 6.07) is 9.95. The number of rotatable bonds is 1. The molecule has 74 valence electrons. The highest BCUT2D eigenvalue weighted by molar-refractivity contribution is 7.08. The van der Waals surface area contributed by atoms with Gasteiger partial charge in [-0.15, -0.1) is 0 Å². The van der Waals surface area contributed by atoms with Crippen molar-refractivity contribution in [3.05, 3.63) is 41.1 Å². The Morgan fingerprint density at radius 3 is 2.80 bits per heavy atom. The predicted octanol–water partition coefficient (Wildman–Crippen LogP) is 3.60. The second-order valence-electron chi connectivity index (χ2n) is 3.47. The van der Waals surface area contributed by atoms with Gasteiger partial charge in [0.1, 0.15) is 0 Å². The Bertz CT molecular complexity index is 595. The fraction of sp³-hybridized carbons (Fsp3) is 0. The van der Waals surface area contributed by atoms with Crippen LogP contribution in [0.3, 0.4) is 0 Å². The van der Waals surface area contributed by atoms with Crippen molar-refractivity contribution in [2.45, 2.75) is 0 Å². The highest BCUT2D eigenvalue weighted by Gasteiger charge is 2.02. The van der Waals surface area contributed by atoms with Gasteiger partial charge in [0.05, 0.1) is 0 Å². The lowest BCUT2D eigenvalue weighted by atomic mass is 10.1. The van der Waals surface area contributed by atoms with E-state index in [-0.39, 0.29) is 5.88 Å². The third kappa shape index (κ3) is 1.41. The maximum Gasteiger partial charge on any atom is 0.189 e. The number of aromatic nitrogens is 1. The molecule has 0 spiro atoms. The molecule has 0 fully saturated rings. The van der Waals surface area contributed by atoms with E-state index in [1.807, 2.05) is 6.07 Å². The highest BCUT2D eigenvalue weighted by Crippen LogP contribution is 2.27. The van der Waals surface area contributed by atoms with Gasteiger partial charge in [-0.3, -0.25) is 0 Å². The summed E-state index contributed by atoms with van der Waals surface area (Å²) in [4.78, 5) is 2.92. The van der Waals surface area contributed by atoms with Crippen molar-refractivity contribution in [1.82, 2.24) is 4.98 Å². The molecule has 2 nitrogen and oxygen atoms in total. The van der Waals surface area contributed by atoms with Gasteiger partial charge in [-0.05, 0) is 34.0 Å². The van der Waals surface area contributed by atoms with Crippen LogP contribution in [0, 0.1) is 0 Å². The third-order valence-corrected chi connectivity index (χ3v) is 3.15. The summed E-state index contributed by atoms with van der Waals surface area (Å²) in [5.41, 5.74) is 3.36. The van der Waals surface area contributed by atoms with Crippen molar-refractivity contribution < 1.29 is 5.11 Å². The van der Waals surface area contributed by atoms with Crippen molar-refractivity contribution >= 4 is 22.2 Å². The molecule has 2 N–H and O–H groups in total. The maximum absolute atomic E-state index is 9.32. The fourth-order valence-electron chi connectivity index (χ4n) is 1.72. The zero-order valence-electron chi connectivity index (χ0n) is 7.90. The average Bonchev–Trinajstić information content (AvgIpc) is 2.82. The predicted molar refractivity (Wildman–Crippen MR) is 63.3 cm³/mol.